The number of hydrogen-bond donors (Lipinski definition) is 4. The fourth-order valence-corrected chi connectivity index (χ4v) is 5.46. The Morgan fingerprint density at radius 3 is 2.41 bits per heavy atom. The summed E-state index contributed by atoms with van der Waals surface area (Å²) in [6.45, 7) is 14.7. The van der Waals surface area contributed by atoms with Crippen molar-refractivity contribution in [3.8, 4) is 11.5 Å². The van der Waals surface area contributed by atoms with Crippen LogP contribution in [-0.2, 0) is 28.9 Å². The number of carbonyl (C=O) groups is 1. The van der Waals surface area contributed by atoms with Gasteiger partial charge in [-0.05, 0) is 54.7 Å². The number of nitrogens with two attached hydrogens (primary N) is 1. The highest BCUT2D eigenvalue weighted by Gasteiger charge is 2.31. The Morgan fingerprint density at radius 2 is 1.80 bits per heavy atom. The molecule has 0 aliphatic carbocycles. The zero-order valence-corrected chi connectivity index (χ0v) is 30.0. The first kappa shape index (κ1) is 41.6. The molecule has 12 heteroatoms. The molecule has 5 N–H and O–H groups in total. The number of hydrogen-bond acceptors (Lipinski definition) is 9. The lowest BCUT2D eigenvalue weighted by atomic mass is 9.80. The Labute approximate surface area is 282 Å². The minimum Gasteiger partial charge on any atom is -0.493 e. The number of rotatable bonds is 22. The van der Waals surface area contributed by atoms with Crippen LogP contribution in [0.5, 0.6) is 11.5 Å². The van der Waals surface area contributed by atoms with E-state index in [4.69, 9.17) is 25.1 Å². The van der Waals surface area contributed by atoms with E-state index in [1.165, 1.54) is 0 Å². The van der Waals surface area contributed by atoms with Crippen molar-refractivity contribution in [2.45, 2.75) is 92.3 Å². The molecular weight excluding hydrogens is 610 g/mol. The summed E-state index contributed by atoms with van der Waals surface area (Å²) in [6, 6.07) is 5.54. The third-order valence-corrected chi connectivity index (χ3v) is 8.41. The highest BCUT2D eigenvalue weighted by atomic mass is 35.5. The summed E-state index contributed by atoms with van der Waals surface area (Å²) in [5.74, 6) is 1.55. The molecule has 0 bridgehead atoms. The number of benzene rings is 1. The molecule has 1 aromatic carbocycles. The summed E-state index contributed by atoms with van der Waals surface area (Å²) in [4.78, 5) is 13.3. The number of aliphatic hydroxyl groups is 2. The van der Waals surface area contributed by atoms with Crippen molar-refractivity contribution >= 4 is 18.3 Å². The molecule has 0 spiro atoms. The molecular formula is C34H60ClN5O6. The van der Waals surface area contributed by atoms with E-state index in [0.717, 1.165) is 24.1 Å². The molecule has 1 amide bonds. The number of aliphatic hydroxyl groups excluding tert-OH is 2. The van der Waals surface area contributed by atoms with Crippen LogP contribution in [0.3, 0.4) is 0 Å². The van der Waals surface area contributed by atoms with Gasteiger partial charge in [-0.25, -0.2) is 0 Å². The average Bonchev–Trinajstić information content (AvgIpc) is 3.42. The van der Waals surface area contributed by atoms with E-state index >= 15 is 0 Å². The number of carbonyl (C=O) groups excluding carboxylic acids is 1. The highest BCUT2D eigenvalue weighted by Crippen LogP contribution is 2.32. The van der Waals surface area contributed by atoms with E-state index < -0.39 is 12.1 Å². The van der Waals surface area contributed by atoms with E-state index in [2.05, 4.69) is 49.4 Å². The number of amides is 1. The van der Waals surface area contributed by atoms with Crippen LogP contribution in [0, 0.1) is 29.1 Å². The molecule has 0 fully saturated rings. The van der Waals surface area contributed by atoms with Crippen LogP contribution in [0.25, 0.3) is 0 Å². The molecule has 0 saturated heterocycles. The Hall–Kier alpha value is -2.44. The van der Waals surface area contributed by atoms with Gasteiger partial charge >= 0.3 is 0 Å². The first-order valence-corrected chi connectivity index (χ1v) is 16.3. The lowest BCUT2D eigenvalue weighted by Crippen LogP contribution is -2.44. The van der Waals surface area contributed by atoms with Gasteiger partial charge in [0.2, 0.25) is 5.91 Å². The van der Waals surface area contributed by atoms with Crippen molar-refractivity contribution in [3.63, 3.8) is 0 Å². The Balaban J connectivity index is 0.0000106. The second kappa shape index (κ2) is 20.7. The van der Waals surface area contributed by atoms with Gasteiger partial charge in [0.05, 0.1) is 25.5 Å². The smallest absolute Gasteiger partial charge is 0.223 e. The predicted molar refractivity (Wildman–Crippen MR) is 183 cm³/mol. The molecule has 11 nitrogen and oxygen atoms in total. The second-order valence-corrected chi connectivity index (χ2v) is 13.7. The Bertz CT molecular complexity index is 1140. The third-order valence-electron chi connectivity index (χ3n) is 8.41. The van der Waals surface area contributed by atoms with E-state index in [0.29, 0.717) is 63.0 Å². The molecule has 4 atom stereocenters. The van der Waals surface area contributed by atoms with Crippen molar-refractivity contribution in [3.05, 3.63) is 35.7 Å². The van der Waals surface area contributed by atoms with Gasteiger partial charge < -0.3 is 35.5 Å². The van der Waals surface area contributed by atoms with Crippen molar-refractivity contribution in [2.24, 2.45) is 34.8 Å². The second-order valence-electron chi connectivity index (χ2n) is 13.7. The van der Waals surface area contributed by atoms with Crippen LogP contribution in [-0.4, -0.2) is 83.8 Å². The first-order valence-electron chi connectivity index (χ1n) is 16.3. The standard InChI is InChI=1S/C34H59N5O6.ClH/c1-23(2)26(16-25-10-11-31(44-8)32(17-25)45-15-9-14-43-7)18-29(35)30(41)19-28(24(3)4)33(42)36-21-34(5,6)22-39-20-27(12-13-40)37-38-39;/h10-11,17,20,23-24,26,28-30,40-41H,9,12-16,18-19,21-22,35H2,1-8H3,(H,36,42);1H/t26-,28-,29-,30-;/m0./s1. The first-order chi connectivity index (χ1) is 21.3. The maximum Gasteiger partial charge on any atom is 0.223 e. The minimum absolute atomic E-state index is 0. The lowest BCUT2D eigenvalue weighted by molar-refractivity contribution is -0.128. The van der Waals surface area contributed by atoms with E-state index in [9.17, 15) is 9.90 Å². The van der Waals surface area contributed by atoms with Gasteiger partial charge in [-0.1, -0.05) is 52.8 Å². The van der Waals surface area contributed by atoms with Crippen LogP contribution in [0.2, 0.25) is 0 Å². The van der Waals surface area contributed by atoms with Crippen molar-refractivity contribution in [1.29, 1.82) is 0 Å². The van der Waals surface area contributed by atoms with E-state index in [1.54, 1.807) is 18.9 Å². The van der Waals surface area contributed by atoms with Gasteiger partial charge in [0.15, 0.2) is 11.5 Å². The maximum atomic E-state index is 13.3. The number of aromatic nitrogens is 3. The molecule has 0 saturated carbocycles. The molecule has 1 aromatic heterocycles. The number of ether oxygens (including phenoxy) is 3. The van der Waals surface area contributed by atoms with Crippen LogP contribution < -0.4 is 20.5 Å². The molecule has 46 heavy (non-hydrogen) atoms. The molecule has 1 heterocycles. The van der Waals surface area contributed by atoms with Gasteiger partial charge in [0, 0.05) is 69.8 Å². The quantitative estimate of drug-likeness (QED) is 0.136. The topological polar surface area (TPSA) is 154 Å². The van der Waals surface area contributed by atoms with Gasteiger partial charge in [-0.3, -0.25) is 9.48 Å². The zero-order valence-electron chi connectivity index (χ0n) is 29.2. The molecule has 264 valence electrons. The van der Waals surface area contributed by atoms with E-state index in [1.807, 2.05) is 32.2 Å². The van der Waals surface area contributed by atoms with Gasteiger partial charge in [-0.15, -0.1) is 17.5 Å². The van der Waals surface area contributed by atoms with Crippen molar-refractivity contribution in [1.82, 2.24) is 20.3 Å². The molecule has 0 aliphatic heterocycles. The van der Waals surface area contributed by atoms with Gasteiger partial charge in [-0.2, -0.15) is 0 Å². The number of halogens is 1. The molecule has 0 unspecified atom stereocenters. The van der Waals surface area contributed by atoms with Crippen LogP contribution in [0.4, 0.5) is 0 Å². The summed E-state index contributed by atoms with van der Waals surface area (Å²) >= 11 is 0. The van der Waals surface area contributed by atoms with E-state index in [-0.39, 0.29) is 48.1 Å². The monoisotopic (exact) mass is 669 g/mol. The number of nitrogens with zero attached hydrogens (tertiary/aromatic N) is 3. The fraction of sp³-hybridized carbons (Fsp3) is 0.735. The van der Waals surface area contributed by atoms with Crippen LogP contribution >= 0.6 is 12.4 Å². The van der Waals surface area contributed by atoms with Gasteiger partial charge in [0.25, 0.3) is 0 Å². The van der Waals surface area contributed by atoms with Crippen LogP contribution in [0.1, 0.15) is 72.1 Å². The SMILES string of the molecule is COCCCOc1cc(C[C@@H](C[C@H](N)[C@@H](O)C[C@H](C(=O)NCC(C)(C)Cn2cc(CCO)nn2)C(C)C)C(C)C)ccc1OC.Cl. The number of nitrogens with one attached hydrogen (secondary N) is 1. The lowest BCUT2D eigenvalue weighted by Gasteiger charge is -2.31. The average molecular weight is 670 g/mol. The number of methoxy groups -OCH3 is 2. The zero-order chi connectivity index (χ0) is 33.6. The maximum absolute atomic E-state index is 13.3. The largest absolute Gasteiger partial charge is 0.493 e. The predicted octanol–water partition coefficient (Wildman–Crippen LogP) is 4.06. The summed E-state index contributed by atoms with van der Waals surface area (Å²) in [7, 11) is 3.31. The summed E-state index contributed by atoms with van der Waals surface area (Å²) in [5, 5.41) is 31.7. The third kappa shape index (κ3) is 14.1. The summed E-state index contributed by atoms with van der Waals surface area (Å²) in [5.41, 5.74) is 8.19. The fourth-order valence-electron chi connectivity index (χ4n) is 5.46. The molecule has 2 aromatic rings. The van der Waals surface area contributed by atoms with Gasteiger partial charge in [0.1, 0.15) is 0 Å². The Kier molecular flexibility index (Phi) is 18.7. The molecule has 0 radical (unpaired) electrons. The highest BCUT2D eigenvalue weighted by molar-refractivity contribution is 5.85. The summed E-state index contributed by atoms with van der Waals surface area (Å²) in [6.07, 6.45) is 3.97. The van der Waals surface area contributed by atoms with Crippen molar-refractivity contribution < 1.29 is 29.2 Å². The molecule has 2 rings (SSSR count). The molecule has 0 aliphatic rings. The van der Waals surface area contributed by atoms with Crippen LogP contribution in [0.15, 0.2) is 24.4 Å². The van der Waals surface area contributed by atoms with Crippen molar-refractivity contribution in [2.75, 3.05) is 40.6 Å². The normalized spacial score (nSPS) is 14.5. The minimum atomic E-state index is -0.812. The Morgan fingerprint density at radius 1 is 1.09 bits per heavy atom. The summed E-state index contributed by atoms with van der Waals surface area (Å²) < 4.78 is 18.3.